The molecule has 2 aliphatic rings. The van der Waals surface area contributed by atoms with Crippen molar-refractivity contribution in [3.05, 3.63) is 48.6 Å². The summed E-state index contributed by atoms with van der Waals surface area (Å²) in [6.45, 7) is 2.84. The van der Waals surface area contributed by atoms with Crippen LogP contribution >= 0.6 is 0 Å². The summed E-state index contributed by atoms with van der Waals surface area (Å²) < 4.78 is 22.9. The van der Waals surface area contributed by atoms with E-state index in [0.717, 1.165) is 44.9 Å². The molecule has 14 heteroatoms. The molecule has 0 saturated carbocycles. The molecular formula is C86H161NO13. The first-order chi connectivity index (χ1) is 49.1. The summed E-state index contributed by atoms with van der Waals surface area (Å²) in [5.41, 5.74) is 0. The Morgan fingerprint density at radius 1 is 0.350 bits per heavy atom. The SMILES string of the molecule is CCCCCCCCCC/C=C\CCCCCCCCCCCCCCCCCCCCCCCCCCCCCC(=O)NC(COC1OC(CO)C(OC2OC(CO)C(O)C(O)C2O)C(O)C1O)C(O)/C=C/CC/C=C/CC/C=C/CCCCCCCCCCCCCCCCCCC. The monoisotopic (exact) mass is 1420 g/mol. The topological polar surface area (TPSA) is 228 Å². The predicted molar refractivity (Wildman–Crippen MR) is 415 cm³/mol. The van der Waals surface area contributed by atoms with Gasteiger partial charge < -0.3 is 65.1 Å². The Morgan fingerprint density at radius 2 is 0.640 bits per heavy atom. The number of aliphatic hydroxyl groups is 8. The van der Waals surface area contributed by atoms with Crippen molar-refractivity contribution in [1.29, 1.82) is 0 Å². The molecule has 588 valence electrons. The van der Waals surface area contributed by atoms with Crippen molar-refractivity contribution in [2.45, 2.75) is 473 Å². The predicted octanol–water partition coefficient (Wildman–Crippen LogP) is 20.1. The number of carbonyl (C=O) groups is 1. The summed E-state index contributed by atoms with van der Waals surface area (Å²) in [6.07, 6.45) is 78.0. The van der Waals surface area contributed by atoms with Crippen LogP contribution in [0.2, 0.25) is 0 Å². The summed E-state index contributed by atoms with van der Waals surface area (Å²) in [7, 11) is 0. The molecule has 2 rings (SSSR count). The maximum Gasteiger partial charge on any atom is 0.220 e. The van der Waals surface area contributed by atoms with Crippen molar-refractivity contribution >= 4 is 5.91 Å². The van der Waals surface area contributed by atoms with Crippen LogP contribution in [0.4, 0.5) is 0 Å². The largest absolute Gasteiger partial charge is 0.394 e. The standard InChI is InChI=1S/C86H161NO13/c1-3-5-7-9-11-13-15-17-19-21-23-25-27-29-31-32-33-34-35-36-37-38-39-40-41-42-44-46-48-50-52-54-56-58-60-62-64-66-68-70-78(91)87-74(73-97-85-83(96)81(94)84(77(72-89)99-85)100-86-82(95)80(93)79(92)76(71-88)98-86)75(90)69-67-65-63-61-59-57-55-53-51-49-47-45-43-30-28-26-24-22-20-18-16-14-12-10-8-6-4-2/h21,23,51,53,59,61,67,69,74-77,79-86,88-90,92-96H,3-20,22,24-50,52,54-58,60,62-66,68,70-73H2,1-2H3,(H,87,91)/b23-21-,53-51+,61-59+,69-67+. The fraction of sp³-hybridized carbons (Fsp3) is 0.895. The molecule has 0 aromatic rings. The molecule has 12 unspecified atom stereocenters. The van der Waals surface area contributed by atoms with Gasteiger partial charge >= 0.3 is 0 Å². The van der Waals surface area contributed by atoms with Crippen molar-refractivity contribution in [2.75, 3.05) is 19.8 Å². The van der Waals surface area contributed by atoms with E-state index in [1.54, 1.807) is 6.08 Å². The Balaban J connectivity index is 1.58. The summed E-state index contributed by atoms with van der Waals surface area (Å²) in [6, 6.07) is -0.939. The molecule has 9 N–H and O–H groups in total. The minimum Gasteiger partial charge on any atom is -0.394 e. The van der Waals surface area contributed by atoms with Gasteiger partial charge in [-0.15, -0.1) is 0 Å². The first-order valence-electron chi connectivity index (χ1n) is 42.9. The number of unbranched alkanes of at least 4 members (excludes halogenated alkanes) is 54. The second-order valence-corrected chi connectivity index (χ2v) is 30.3. The number of amides is 1. The zero-order chi connectivity index (χ0) is 72.2. The number of rotatable bonds is 73. The van der Waals surface area contributed by atoms with Crippen molar-refractivity contribution in [1.82, 2.24) is 5.32 Å². The number of allylic oxidation sites excluding steroid dienone is 7. The zero-order valence-corrected chi connectivity index (χ0v) is 64.7. The molecule has 12 atom stereocenters. The summed E-state index contributed by atoms with van der Waals surface area (Å²) in [5, 5.41) is 87.7. The molecule has 1 amide bonds. The molecule has 2 aliphatic heterocycles. The third kappa shape index (κ3) is 52.0. The van der Waals surface area contributed by atoms with Gasteiger partial charge in [-0.05, 0) is 70.6 Å². The normalized spacial score (nSPS) is 22.0. The minimum absolute atomic E-state index is 0.245. The lowest BCUT2D eigenvalue weighted by Gasteiger charge is -2.46. The number of carbonyl (C=O) groups excluding carboxylic acids is 1. The lowest BCUT2D eigenvalue weighted by atomic mass is 9.97. The third-order valence-electron chi connectivity index (χ3n) is 21.0. The van der Waals surface area contributed by atoms with Crippen LogP contribution in [0, 0.1) is 0 Å². The van der Waals surface area contributed by atoms with Crippen LogP contribution in [0.15, 0.2) is 48.6 Å². The van der Waals surface area contributed by atoms with E-state index in [4.69, 9.17) is 18.9 Å². The van der Waals surface area contributed by atoms with E-state index < -0.39 is 86.8 Å². The fourth-order valence-corrected chi connectivity index (χ4v) is 14.2. The molecule has 0 bridgehead atoms. The number of hydrogen-bond donors (Lipinski definition) is 9. The lowest BCUT2D eigenvalue weighted by molar-refractivity contribution is -0.359. The van der Waals surface area contributed by atoms with Gasteiger partial charge in [-0.25, -0.2) is 0 Å². The molecule has 0 spiro atoms. The molecule has 2 fully saturated rings. The molecule has 100 heavy (non-hydrogen) atoms. The number of aliphatic hydroxyl groups excluding tert-OH is 8. The highest BCUT2D eigenvalue weighted by Crippen LogP contribution is 2.30. The van der Waals surface area contributed by atoms with Crippen LogP contribution < -0.4 is 5.32 Å². The van der Waals surface area contributed by atoms with Gasteiger partial charge in [0.1, 0.15) is 48.8 Å². The van der Waals surface area contributed by atoms with E-state index in [9.17, 15) is 45.6 Å². The van der Waals surface area contributed by atoms with Crippen LogP contribution in [-0.2, 0) is 23.7 Å². The fourth-order valence-electron chi connectivity index (χ4n) is 14.2. The molecule has 2 saturated heterocycles. The molecule has 0 aliphatic carbocycles. The number of ether oxygens (including phenoxy) is 4. The van der Waals surface area contributed by atoms with Gasteiger partial charge in [0.15, 0.2) is 12.6 Å². The van der Waals surface area contributed by atoms with Gasteiger partial charge in [-0.1, -0.05) is 371 Å². The average Bonchev–Trinajstić information content (AvgIpc) is 0.796. The highest BCUT2D eigenvalue weighted by molar-refractivity contribution is 5.76. The quantitative estimate of drug-likeness (QED) is 0.0204. The number of hydrogen-bond acceptors (Lipinski definition) is 13. The van der Waals surface area contributed by atoms with E-state index in [2.05, 4.69) is 55.6 Å². The first kappa shape index (κ1) is 94.0. The zero-order valence-electron chi connectivity index (χ0n) is 64.7. The van der Waals surface area contributed by atoms with Crippen molar-refractivity contribution < 1.29 is 64.6 Å². The van der Waals surface area contributed by atoms with Crippen LogP contribution in [0.3, 0.4) is 0 Å². The summed E-state index contributed by atoms with van der Waals surface area (Å²) in [4.78, 5) is 13.4. The molecule has 0 aromatic carbocycles. The van der Waals surface area contributed by atoms with E-state index in [1.807, 2.05) is 6.08 Å². The van der Waals surface area contributed by atoms with E-state index in [-0.39, 0.29) is 18.9 Å². The Morgan fingerprint density at radius 3 is 0.980 bits per heavy atom. The maximum atomic E-state index is 13.4. The van der Waals surface area contributed by atoms with Crippen LogP contribution in [0.1, 0.15) is 399 Å². The van der Waals surface area contributed by atoms with Crippen molar-refractivity contribution in [2.24, 2.45) is 0 Å². The van der Waals surface area contributed by atoms with Gasteiger partial charge in [0, 0.05) is 6.42 Å². The van der Waals surface area contributed by atoms with Gasteiger partial charge in [0.2, 0.25) is 5.91 Å². The van der Waals surface area contributed by atoms with E-state index in [1.165, 1.54) is 321 Å². The summed E-state index contributed by atoms with van der Waals surface area (Å²) in [5.74, 6) is -0.245. The van der Waals surface area contributed by atoms with E-state index in [0.29, 0.717) is 12.8 Å². The first-order valence-corrected chi connectivity index (χ1v) is 42.9. The molecular weight excluding hydrogens is 1250 g/mol. The van der Waals surface area contributed by atoms with Crippen molar-refractivity contribution in [3.8, 4) is 0 Å². The molecule has 2 heterocycles. The van der Waals surface area contributed by atoms with Crippen LogP contribution in [-0.4, -0.2) is 140 Å². The summed E-state index contributed by atoms with van der Waals surface area (Å²) >= 11 is 0. The highest BCUT2D eigenvalue weighted by atomic mass is 16.7. The molecule has 0 radical (unpaired) electrons. The average molecular weight is 1420 g/mol. The van der Waals surface area contributed by atoms with Gasteiger partial charge in [0.05, 0.1) is 32.0 Å². The Hall–Kier alpha value is -2.05. The highest BCUT2D eigenvalue weighted by Gasteiger charge is 2.51. The minimum atomic E-state index is -1.79. The second kappa shape index (κ2) is 70.0. The van der Waals surface area contributed by atoms with Gasteiger partial charge in [0.25, 0.3) is 0 Å². The molecule has 14 nitrogen and oxygen atoms in total. The third-order valence-corrected chi connectivity index (χ3v) is 21.0. The van der Waals surface area contributed by atoms with Gasteiger partial charge in [-0.3, -0.25) is 4.79 Å². The Kier molecular flexibility index (Phi) is 65.8. The number of nitrogens with one attached hydrogen (secondary N) is 1. The van der Waals surface area contributed by atoms with Crippen molar-refractivity contribution in [3.63, 3.8) is 0 Å². The maximum absolute atomic E-state index is 13.4. The van der Waals surface area contributed by atoms with Crippen LogP contribution in [0.5, 0.6) is 0 Å². The Labute approximate surface area is 614 Å². The van der Waals surface area contributed by atoms with Gasteiger partial charge in [-0.2, -0.15) is 0 Å². The lowest BCUT2D eigenvalue weighted by Crippen LogP contribution is -2.65. The van der Waals surface area contributed by atoms with E-state index >= 15 is 0 Å². The smallest absolute Gasteiger partial charge is 0.220 e. The second-order valence-electron chi connectivity index (χ2n) is 30.3. The Bertz CT molecular complexity index is 1870. The molecule has 0 aromatic heterocycles. The van der Waals surface area contributed by atoms with Crippen LogP contribution in [0.25, 0.3) is 0 Å².